The van der Waals surface area contributed by atoms with Gasteiger partial charge in [0.15, 0.2) is 0 Å². The molecule has 1 aliphatic heterocycles. The van der Waals surface area contributed by atoms with Gasteiger partial charge >= 0.3 is 0 Å². The van der Waals surface area contributed by atoms with E-state index in [1.165, 1.54) is 5.56 Å². The molecule has 0 aliphatic carbocycles. The molecule has 6 heteroatoms. The molecule has 2 amide bonds. The number of nitrogens with one attached hydrogen (secondary N) is 1. The molecule has 2 heterocycles. The van der Waals surface area contributed by atoms with Crippen molar-refractivity contribution in [2.24, 2.45) is 0 Å². The second-order valence-corrected chi connectivity index (χ2v) is 6.71. The summed E-state index contributed by atoms with van der Waals surface area (Å²) in [6, 6.07) is 12.2. The van der Waals surface area contributed by atoms with Crippen LogP contribution in [0.2, 0.25) is 0 Å². The first kappa shape index (κ1) is 18.2. The highest BCUT2D eigenvalue weighted by atomic mass is 16.2. The number of carbonyl (C=O) groups is 2. The van der Waals surface area contributed by atoms with Crippen LogP contribution in [0.4, 0.5) is 5.82 Å². The maximum atomic E-state index is 12.2. The van der Waals surface area contributed by atoms with Gasteiger partial charge in [0.05, 0.1) is 12.2 Å². The molecule has 6 nitrogen and oxygen atoms in total. The van der Waals surface area contributed by atoms with Crippen molar-refractivity contribution in [3.05, 3.63) is 47.7 Å². The summed E-state index contributed by atoms with van der Waals surface area (Å²) in [6.07, 6.45) is 3.45. The zero-order valence-corrected chi connectivity index (χ0v) is 15.3. The first-order valence-corrected chi connectivity index (χ1v) is 9.29. The smallest absolute Gasteiger partial charge is 0.229 e. The van der Waals surface area contributed by atoms with Crippen LogP contribution < -0.4 is 10.2 Å². The van der Waals surface area contributed by atoms with Gasteiger partial charge in [0, 0.05) is 32.0 Å². The van der Waals surface area contributed by atoms with E-state index in [4.69, 9.17) is 0 Å². The third-order valence-electron chi connectivity index (χ3n) is 4.59. The number of benzene rings is 1. The minimum atomic E-state index is 0.0483. The number of carbonyl (C=O) groups excluding carboxylic acids is 2. The molecule has 0 radical (unpaired) electrons. The Labute approximate surface area is 154 Å². The highest BCUT2D eigenvalue weighted by Crippen LogP contribution is 2.22. The Balaban J connectivity index is 1.36. The molecule has 1 N–H and O–H groups in total. The summed E-state index contributed by atoms with van der Waals surface area (Å²) in [5.41, 5.74) is 2.20. The van der Waals surface area contributed by atoms with Crippen LogP contribution >= 0.6 is 0 Å². The molecule has 1 aromatic heterocycles. The molecule has 2 aromatic rings. The number of anilines is 1. The van der Waals surface area contributed by atoms with Gasteiger partial charge in [0.25, 0.3) is 0 Å². The summed E-state index contributed by atoms with van der Waals surface area (Å²) in [7, 11) is 0. The van der Waals surface area contributed by atoms with Gasteiger partial charge in [-0.1, -0.05) is 30.3 Å². The van der Waals surface area contributed by atoms with E-state index in [0.717, 1.165) is 24.4 Å². The topological polar surface area (TPSA) is 67.2 Å². The van der Waals surface area contributed by atoms with Crippen LogP contribution in [0.3, 0.4) is 0 Å². The maximum Gasteiger partial charge on any atom is 0.229 e. The number of amides is 2. The highest BCUT2D eigenvalue weighted by Gasteiger charge is 2.25. The fourth-order valence-corrected chi connectivity index (χ4v) is 3.27. The Bertz CT molecular complexity index is 754. The molecule has 0 fully saturated rings. The molecule has 0 unspecified atom stereocenters. The zero-order chi connectivity index (χ0) is 18.4. The fourth-order valence-electron chi connectivity index (χ4n) is 3.27. The number of fused-ring (bicyclic) bond motifs is 1. The average molecular weight is 354 g/mol. The van der Waals surface area contributed by atoms with Crippen LogP contribution in [0.15, 0.2) is 36.4 Å². The maximum absolute atomic E-state index is 12.2. The molecule has 3 rings (SSSR count). The number of aryl methyl sites for hydroxylation is 3. The van der Waals surface area contributed by atoms with Gasteiger partial charge in [-0.25, -0.2) is 4.68 Å². The van der Waals surface area contributed by atoms with E-state index in [0.29, 0.717) is 38.9 Å². The van der Waals surface area contributed by atoms with Crippen molar-refractivity contribution in [3.8, 4) is 0 Å². The Morgan fingerprint density at radius 1 is 1.23 bits per heavy atom. The first-order valence-electron chi connectivity index (χ1n) is 9.29. The van der Waals surface area contributed by atoms with E-state index < -0.39 is 0 Å². The van der Waals surface area contributed by atoms with Crippen molar-refractivity contribution in [2.45, 2.75) is 45.6 Å². The Hall–Kier alpha value is -2.63. The van der Waals surface area contributed by atoms with Gasteiger partial charge in [-0.2, -0.15) is 5.10 Å². The number of nitrogens with zero attached hydrogens (tertiary/aromatic N) is 3. The van der Waals surface area contributed by atoms with Crippen molar-refractivity contribution >= 4 is 17.6 Å². The first-order chi connectivity index (χ1) is 12.6. The molecule has 138 valence electrons. The van der Waals surface area contributed by atoms with Crippen LogP contribution in [0.1, 0.15) is 36.9 Å². The van der Waals surface area contributed by atoms with Gasteiger partial charge < -0.3 is 5.32 Å². The van der Waals surface area contributed by atoms with Crippen LogP contribution in [0.5, 0.6) is 0 Å². The van der Waals surface area contributed by atoms with Gasteiger partial charge in [-0.15, -0.1) is 0 Å². The third-order valence-corrected chi connectivity index (χ3v) is 4.59. The Morgan fingerprint density at radius 2 is 2.04 bits per heavy atom. The largest absolute Gasteiger partial charge is 0.356 e. The summed E-state index contributed by atoms with van der Waals surface area (Å²) >= 11 is 0. The second kappa shape index (κ2) is 8.65. The van der Waals surface area contributed by atoms with E-state index in [9.17, 15) is 9.59 Å². The van der Waals surface area contributed by atoms with E-state index in [-0.39, 0.29) is 11.8 Å². The van der Waals surface area contributed by atoms with Crippen LogP contribution in [0.25, 0.3) is 0 Å². The van der Waals surface area contributed by atoms with Crippen molar-refractivity contribution < 1.29 is 9.59 Å². The minimum absolute atomic E-state index is 0.0483. The summed E-state index contributed by atoms with van der Waals surface area (Å²) in [4.78, 5) is 25.9. The van der Waals surface area contributed by atoms with Crippen molar-refractivity contribution in [3.63, 3.8) is 0 Å². The Morgan fingerprint density at radius 3 is 2.85 bits per heavy atom. The average Bonchev–Trinajstić information content (AvgIpc) is 3.02. The molecule has 0 bridgehead atoms. The fraction of sp³-hybridized carbons (Fsp3) is 0.450. The zero-order valence-electron chi connectivity index (χ0n) is 15.3. The molecule has 0 spiro atoms. The monoisotopic (exact) mass is 354 g/mol. The molecule has 0 saturated carbocycles. The quantitative estimate of drug-likeness (QED) is 0.741. The number of rotatable bonds is 8. The van der Waals surface area contributed by atoms with Gasteiger partial charge in [0.1, 0.15) is 5.82 Å². The molecule has 1 aromatic carbocycles. The van der Waals surface area contributed by atoms with E-state index >= 15 is 0 Å². The Kier molecular flexibility index (Phi) is 6.04. The minimum Gasteiger partial charge on any atom is -0.356 e. The van der Waals surface area contributed by atoms with Crippen molar-refractivity contribution in [2.75, 3.05) is 18.0 Å². The predicted octanol–water partition coefficient (Wildman–Crippen LogP) is 2.46. The molecule has 26 heavy (non-hydrogen) atoms. The standard InChI is InChI=1S/C20H26N4O2/c1-16-15-19-23(20(26)11-14-24(19)22-16)13-6-10-18(25)21-12-5-9-17-7-3-2-4-8-17/h2-4,7-8,15H,5-6,9-14H2,1H3,(H,21,25). The third kappa shape index (κ3) is 4.71. The van der Waals surface area contributed by atoms with Crippen LogP contribution in [-0.4, -0.2) is 34.7 Å². The van der Waals surface area contributed by atoms with Gasteiger partial charge in [-0.05, 0) is 31.7 Å². The lowest BCUT2D eigenvalue weighted by Crippen LogP contribution is -2.38. The van der Waals surface area contributed by atoms with Gasteiger partial charge in [-0.3, -0.25) is 14.5 Å². The van der Waals surface area contributed by atoms with Crippen LogP contribution in [-0.2, 0) is 22.6 Å². The molecular weight excluding hydrogens is 328 g/mol. The SMILES string of the molecule is Cc1cc2n(n1)CCC(=O)N2CCCC(=O)NCCCc1ccccc1. The number of hydrogen-bond acceptors (Lipinski definition) is 3. The van der Waals surface area contributed by atoms with Crippen LogP contribution in [0, 0.1) is 6.92 Å². The number of hydrogen-bond donors (Lipinski definition) is 1. The van der Waals surface area contributed by atoms with E-state index in [1.807, 2.05) is 35.9 Å². The van der Waals surface area contributed by atoms with E-state index in [1.54, 1.807) is 4.90 Å². The lowest BCUT2D eigenvalue weighted by molar-refractivity contribution is -0.122. The van der Waals surface area contributed by atoms with Crippen molar-refractivity contribution in [1.82, 2.24) is 15.1 Å². The number of aromatic nitrogens is 2. The summed E-state index contributed by atoms with van der Waals surface area (Å²) in [5, 5.41) is 7.36. The molecule has 0 saturated heterocycles. The molecule has 0 atom stereocenters. The molecule has 1 aliphatic rings. The predicted molar refractivity (Wildman–Crippen MR) is 101 cm³/mol. The molecular formula is C20H26N4O2. The lowest BCUT2D eigenvalue weighted by Gasteiger charge is -2.27. The lowest BCUT2D eigenvalue weighted by atomic mass is 10.1. The normalized spacial score (nSPS) is 13.6. The van der Waals surface area contributed by atoms with Gasteiger partial charge in [0.2, 0.25) is 11.8 Å². The van der Waals surface area contributed by atoms with E-state index in [2.05, 4.69) is 22.5 Å². The second-order valence-electron chi connectivity index (χ2n) is 6.71. The highest BCUT2D eigenvalue weighted by molar-refractivity contribution is 5.93. The summed E-state index contributed by atoms with van der Waals surface area (Å²) in [6.45, 7) is 3.81. The summed E-state index contributed by atoms with van der Waals surface area (Å²) in [5.74, 6) is 1.01. The van der Waals surface area contributed by atoms with Crippen molar-refractivity contribution in [1.29, 1.82) is 0 Å². The summed E-state index contributed by atoms with van der Waals surface area (Å²) < 4.78 is 1.88.